The summed E-state index contributed by atoms with van der Waals surface area (Å²) in [6.07, 6.45) is 2.78. The van der Waals surface area contributed by atoms with Gasteiger partial charge >= 0.3 is 0 Å². The van der Waals surface area contributed by atoms with Crippen LogP contribution in [0.4, 0.5) is 5.82 Å². The first-order valence-corrected chi connectivity index (χ1v) is 12.0. The van der Waals surface area contributed by atoms with Gasteiger partial charge < -0.3 is 30.2 Å². The van der Waals surface area contributed by atoms with Gasteiger partial charge in [0.25, 0.3) is 0 Å². The Bertz CT molecular complexity index is 928. The molecule has 2 N–H and O–H groups in total. The van der Waals surface area contributed by atoms with Crippen LogP contribution in [0.15, 0.2) is 47.0 Å². The molecule has 0 atom stereocenters. The number of benzene rings is 1. The number of rotatable bonds is 14. The van der Waals surface area contributed by atoms with E-state index >= 15 is 0 Å². The van der Waals surface area contributed by atoms with Gasteiger partial charge in [0.1, 0.15) is 22.9 Å². The van der Waals surface area contributed by atoms with Gasteiger partial charge in [-0.1, -0.05) is 0 Å². The first kappa shape index (κ1) is 29.8. The molecule has 0 saturated heterocycles. The fraction of sp³-hybridized carbons (Fsp3) is 0.435. The molecule has 33 heavy (non-hydrogen) atoms. The van der Waals surface area contributed by atoms with Crippen LogP contribution in [-0.4, -0.2) is 67.8 Å². The Kier molecular flexibility index (Phi) is 14.8. The second kappa shape index (κ2) is 16.4. The SMILES string of the molecule is CNc1ccc(-c2cc3cc(OCCCN(CCS)CCNCCS)ccc3o2)cn1.[99Tc].[O-2]. The first-order valence-electron chi connectivity index (χ1n) is 10.7. The maximum Gasteiger partial charge on any atom is 0.136 e. The van der Waals surface area contributed by atoms with Crippen molar-refractivity contribution in [2.24, 2.45) is 0 Å². The Balaban J connectivity index is 0.00000272. The normalized spacial score (nSPS) is 10.7. The van der Waals surface area contributed by atoms with Crippen molar-refractivity contribution in [2.75, 3.05) is 63.2 Å². The molecule has 0 saturated carbocycles. The summed E-state index contributed by atoms with van der Waals surface area (Å²) in [5, 5.41) is 7.43. The van der Waals surface area contributed by atoms with Crippen LogP contribution in [0.1, 0.15) is 6.42 Å². The molecule has 0 aliphatic carbocycles. The number of furan rings is 1. The maximum absolute atomic E-state index is 6.00. The Morgan fingerprint density at radius 2 is 1.88 bits per heavy atom. The summed E-state index contributed by atoms with van der Waals surface area (Å²) in [4.78, 5) is 6.77. The average Bonchev–Trinajstić information content (AvgIpc) is 3.23. The molecule has 0 spiro atoms. The molecule has 2 heterocycles. The van der Waals surface area contributed by atoms with Crippen molar-refractivity contribution in [3.8, 4) is 17.1 Å². The third-order valence-electron chi connectivity index (χ3n) is 4.99. The van der Waals surface area contributed by atoms with E-state index in [1.807, 2.05) is 49.6 Å². The van der Waals surface area contributed by atoms with E-state index in [1.54, 1.807) is 0 Å². The number of nitrogens with one attached hydrogen (secondary N) is 2. The van der Waals surface area contributed by atoms with E-state index in [9.17, 15) is 0 Å². The molecule has 10 heteroatoms. The molecular weight excluding hydrogens is 543 g/mol. The van der Waals surface area contributed by atoms with E-state index < -0.39 is 0 Å². The van der Waals surface area contributed by atoms with Gasteiger partial charge in [0.05, 0.1) is 6.61 Å². The smallest absolute Gasteiger partial charge is 0.136 e. The molecule has 0 unspecified atom stereocenters. The number of hydrogen-bond acceptors (Lipinski definition) is 8. The molecule has 3 rings (SSSR count). The number of anilines is 1. The van der Waals surface area contributed by atoms with E-state index in [2.05, 4.69) is 45.8 Å². The third-order valence-corrected chi connectivity index (χ3v) is 5.41. The summed E-state index contributed by atoms with van der Waals surface area (Å²) < 4.78 is 12.0. The van der Waals surface area contributed by atoms with Gasteiger partial charge in [-0.2, -0.15) is 25.3 Å². The van der Waals surface area contributed by atoms with Gasteiger partial charge in [-0.25, -0.2) is 4.98 Å². The zero-order valence-electron chi connectivity index (χ0n) is 18.8. The van der Waals surface area contributed by atoms with E-state index in [4.69, 9.17) is 9.15 Å². The van der Waals surface area contributed by atoms with Gasteiger partial charge in [0.2, 0.25) is 0 Å². The van der Waals surface area contributed by atoms with E-state index in [0.717, 1.165) is 84.5 Å². The van der Waals surface area contributed by atoms with Crippen molar-refractivity contribution in [3.63, 3.8) is 0 Å². The topological polar surface area (TPSA) is 91.1 Å². The molecule has 0 fully saturated rings. The number of fused-ring (bicyclic) bond motifs is 1. The Morgan fingerprint density at radius 1 is 1.03 bits per heavy atom. The fourth-order valence-corrected chi connectivity index (χ4v) is 3.78. The van der Waals surface area contributed by atoms with Crippen molar-refractivity contribution in [2.45, 2.75) is 6.42 Å². The van der Waals surface area contributed by atoms with Crippen LogP contribution < -0.4 is 15.4 Å². The van der Waals surface area contributed by atoms with Gasteiger partial charge in [-0.15, -0.1) is 0 Å². The minimum absolute atomic E-state index is 0. The fourth-order valence-electron chi connectivity index (χ4n) is 3.34. The molecule has 0 amide bonds. The minimum Gasteiger partial charge on any atom is -2.00 e. The summed E-state index contributed by atoms with van der Waals surface area (Å²) >= 11 is 8.60. The van der Waals surface area contributed by atoms with Crippen LogP contribution in [0.25, 0.3) is 22.3 Å². The maximum atomic E-state index is 6.00. The largest absolute Gasteiger partial charge is 2.00 e. The molecule has 1 radical (unpaired) electrons. The second-order valence-electron chi connectivity index (χ2n) is 7.23. The predicted molar refractivity (Wildman–Crippen MR) is 137 cm³/mol. The molecule has 3 aromatic rings. The minimum atomic E-state index is 0. The van der Waals surface area contributed by atoms with Crippen LogP contribution in [-0.2, 0) is 25.6 Å². The summed E-state index contributed by atoms with van der Waals surface area (Å²) in [6, 6.07) is 11.9. The van der Waals surface area contributed by atoms with E-state index in [1.165, 1.54) is 0 Å². The summed E-state index contributed by atoms with van der Waals surface area (Å²) in [6.45, 7) is 5.59. The number of aromatic nitrogens is 1. The van der Waals surface area contributed by atoms with Crippen molar-refractivity contribution in [1.82, 2.24) is 15.2 Å². The van der Waals surface area contributed by atoms with Crippen LogP contribution in [0.3, 0.4) is 0 Å². The van der Waals surface area contributed by atoms with Crippen molar-refractivity contribution in [3.05, 3.63) is 42.6 Å². The van der Waals surface area contributed by atoms with Gasteiger partial charge in [0.15, 0.2) is 0 Å². The zero-order chi connectivity index (χ0) is 21.9. The van der Waals surface area contributed by atoms with Gasteiger partial charge in [-0.05, 0) is 42.8 Å². The van der Waals surface area contributed by atoms with Crippen LogP contribution >= 0.6 is 25.3 Å². The monoisotopic (exact) mass is 575 g/mol. The number of ether oxygens (including phenoxy) is 1. The summed E-state index contributed by atoms with van der Waals surface area (Å²) in [5.74, 6) is 4.22. The summed E-state index contributed by atoms with van der Waals surface area (Å²) in [5.41, 5.74) is 1.79. The number of nitrogens with zero attached hydrogens (tertiary/aromatic N) is 2. The zero-order valence-corrected chi connectivity index (χ0v) is 22.4. The van der Waals surface area contributed by atoms with Crippen LogP contribution in [0, 0.1) is 0 Å². The Labute approximate surface area is 220 Å². The average molecular weight is 576 g/mol. The van der Waals surface area contributed by atoms with Crippen molar-refractivity contribution < 1.29 is 34.7 Å². The van der Waals surface area contributed by atoms with Gasteiger partial charge in [0, 0.05) is 88.5 Å². The molecular formula is C23H32N4O3S2Tc-2. The first-order chi connectivity index (χ1) is 15.2. The Hall–Kier alpha value is -1.26. The molecule has 2 aromatic heterocycles. The quantitative estimate of drug-likeness (QED) is 0.172. The predicted octanol–water partition coefficient (Wildman–Crippen LogP) is 3.94. The standard InChI is InChI=1S/C23H32N4O2S2.O.Tc/c1-24-23-6-3-18(17-26-23)22-16-19-15-20(4-5-21(19)29-22)28-12-2-9-27(11-14-31)10-7-25-8-13-30;;/h3-6,15-17,25,30-31H,2,7-14H2,1H3,(H,24,26);;/q;-2;/i;;1+1. The van der Waals surface area contributed by atoms with Crippen LogP contribution in [0.5, 0.6) is 5.75 Å². The second-order valence-corrected chi connectivity index (χ2v) is 8.13. The van der Waals surface area contributed by atoms with Gasteiger partial charge in [-0.3, -0.25) is 0 Å². The molecule has 1 aromatic carbocycles. The van der Waals surface area contributed by atoms with E-state index in [-0.39, 0.29) is 25.6 Å². The van der Waals surface area contributed by atoms with Crippen LogP contribution in [0.2, 0.25) is 0 Å². The Morgan fingerprint density at radius 3 is 2.58 bits per heavy atom. The number of pyridine rings is 1. The van der Waals surface area contributed by atoms with Crippen molar-refractivity contribution >= 4 is 42.0 Å². The molecule has 0 aliphatic heterocycles. The number of thiol groups is 2. The molecule has 7 nitrogen and oxygen atoms in total. The summed E-state index contributed by atoms with van der Waals surface area (Å²) in [7, 11) is 1.85. The van der Waals surface area contributed by atoms with Crippen molar-refractivity contribution in [1.29, 1.82) is 0 Å². The van der Waals surface area contributed by atoms with E-state index in [0.29, 0.717) is 6.61 Å². The third kappa shape index (κ3) is 9.48. The number of hydrogen-bond donors (Lipinski definition) is 4. The molecule has 0 aliphatic rings. The molecule has 183 valence electrons. The molecule has 0 bridgehead atoms.